The number of hydrogen-bond donors (Lipinski definition) is 0. The normalized spacial score (nSPS) is 18.2. The molecule has 3 heteroatoms. The Morgan fingerprint density at radius 1 is 1.30 bits per heavy atom. The zero-order valence-electron chi connectivity index (χ0n) is 11.6. The summed E-state index contributed by atoms with van der Waals surface area (Å²) in [5, 5.41) is 0. The number of aromatic nitrogens is 1. The summed E-state index contributed by atoms with van der Waals surface area (Å²) in [6, 6.07) is 12.6. The molecule has 1 aromatic heterocycles. The maximum atomic E-state index is 10.8. The summed E-state index contributed by atoms with van der Waals surface area (Å²) in [7, 11) is 0. The highest BCUT2D eigenvalue weighted by Gasteiger charge is 2.25. The van der Waals surface area contributed by atoms with Gasteiger partial charge >= 0.3 is 0 Å². The Kier molecular flexibility index (Phi) is 3.50. The van der Waals surface area contributed by atoms with Gasteiger partial charge in [-0.3, -0.25) is 4.79 Å². The zero-order valence-corrected chi connectivity index (χ0v) is 11.6. The standard InChI is InChI=1S/C17H18N2O/c1-13-9-14(12-20)10-18-17(13)19-8-7-16(11-19)15-5-3-2-4-6-15/h2-6,9-10,12,16H,7-8,11H2,1H3. The molecule has 1 atom stereocenters. The number of aryl methyl sites for hydroxylation is 1. The molecular formula is C17H18N2O. The van der Waals surface area contributed by atoms with Crippen molar-refractivity contribution in [1.29, 1.82) is 0 Å². The van der Waals surface area contributed by atoms with Crippen molar-refractivity contribution in [2.45, 2.75) is 19.3 Å². The summed E-state index contributed by atoms with van der Waals surface area (Å²) in [6.45, 7) is 4.04. The fourth-order valence-electron chi connectivity index (χ4n) is 2.93. The number of benzene rings is 1. The molecule has 0 amide bonds. The maximum Gasteiger partial charge on any atom is 0.151 e. The van der Waals surface area contributed by atoms with Gasteiger partial charge in [-0.1, -0.05) is 30.3 Å². The average molecular weight is 266 g/mol. The first-order chi connectivity index (χ1) is 9.78. The van der Waals surface area contributed by atoms with E-state index in [4.69, 9.17) is 0 Å². The summed E-state index contributed by atoms with van der Waals surface area (Å²) in [6.07, 6.45) is 3.66. The average Bonchev–Trinajstić information content (AvgIpc) is 2.97. The van der Waals surface area contributed by atoms with Gasteiger partial charge in [-0.2, -0.15) is 0 Å². The number of nitrogens with zero attached hydrogens (tertiary/aromatic N) is 2. The second-order valence-corrected chi connectivity index (χ2v) is 5.37. The predicted molar refractivity (Wildman–Crippen MR) is 80.4 cm³/mol. The molecule has 2 heterocycles. The van der Waals surface area contributed by atoms with Crippen LogP contribution in [0, 0.1) is 6.92 Å². The third kappa shape index (κ3) is 2.44. The molecule has 0 saturated carbocycles. The van der Waals surface area contributed by atoms with Crippen LogP contribution in [0.3, 0.4) is 0 Å². The second kappa shape index (κ2) is 5.45. The minimum absolute atomic E-state index is 0.572. The van der Waals surface area contributed by atoms with Crippen molar-refractivity contribution in [2.75, 3.05) is 18.0 Å². The van der Waals surface area contributed by atoms with Crippen molar-refractivity contribution >= 4 is 12.1 Å². The van der Waals surface area contributed by atoms with Crippen molar-refractivity contribution in [3.05, 3.63) is 59.3 Å². The lowest BCUT2D eigenvalue weighted by atomic mass is 9.99. The highest BCUT2D eigenvalue weighted by molar-refractivity contribution is 5.75. The van der Waals surface area contributed by atoms with Gasteiger partial charge in [0.1, 0.15) is 5.82 Å². The lowest BCUT2D eigenvalue weighted by Crippen LogP contribution is -2.21. The summed E-state index contributed by atoms with van der Waals surface area (Å²) in [5.41, 5.74) is 3.12. The predicted octanol–water partition coefficient (Wildman–Crippen LogP) is 3.20. The van der Waals surface area contributed by atoms with E-state index in [9.17, 15) is 4.79 Å². The highest BCUT2D eigenvalue weighted by Crippen LogP contribution is 2.31. The molecular weight excluding hydrogens is 248 g/mol. The van der Waals surface area contributed by atoms with E-state index < -0.39 is 0 Å². The number of carbonyl (C=O) groups is 1. The van der Waals surface area contributed by atoms with Gasteiger partial charge in [0.15, 0.2) is 6.29 Å². The minimum atomic E-state index is 0.572. The Balaban J connectivity index is 1.79. The number of rotatable bonds is 3. The molecule has 3 rings (SSSR count). The molecule has 0 bridgehead atoms. The van der Waals surface area contributed by atoms with Crippen molar-refractivity contribution in [1.82, 2.24) is 4.98 Å². The first kappa shape index (κ1) is 12.9. The molecule has 0 aliphatic carbocycles. The summed E-state index contributed by atoms with van der Waals surface area (Å²) in [5.74, 6) is 1.58. The third-order valence-corrected chi connectivity index (χ3v) is 3.97. The number of carbonyl (C=O) groups excluding carboxylic acids is 1. The van der Waals surface area contributed by atoms with Crippen molar-refractivity contribution in [2.24, 2.45) is 0 Å². The van der Waals surface area contributed by atoms with E-state index in [1.54, 1.807) is 6.20 Å². The molecule has 3 nitrogen and oxygen atoms in total. The molecule has 1 aromatic carbocycles. The molecule has 0 N–H and O–H groups in total. The molecule has 0 radical (unpaired) electrons. The van der Waals surface area contributed by atoms with Crippen LogP contribution in [0.2, 0.25) is 0 Å². The minimum Gasteiger partial charge on any atom is -0.356 e. The molecule has 1 saturated heterocycles. The largest absolute Gasteiger partial charge is 0.356 e. The lowest BCUT2D eigenvalue weighted by Gasteiger charge is -2.19. The van der Waals surface area contributed by atoms with Gasteiger partial charge in [0.05, 0.1) is 0 Å². The van der Waals surface area contributed by atoms with E-state index in [2.05, 4.69) is 40.2 Å². The SMILES string of the molecule is Cc1cc(C=O)cnc1N1CCC(c2ccccc2)C1. The number of anilines is 1. The van der Waals surface area contributed by atoms with Crippen LogP contribution in [0.5, 0.6) is 0 Å². The van der Waals surface area contributed by atoms with Crippen LogP contribution >= 0.6 is 0 Å². The van der Waals surface area contributed by atoms with Crippen LogP contribution < -0.4 is 4.90 Å². The monoisotopic (exact) mass is 266 g/mol. The fourth-order valence-corrected chi connectivity index (χ4v) is 2.93. The summed E-state index contributed by atoms with van der Waals surface area (Å²) < 4.78 is 0. The van der Waals surface area contributed by atoms with Gasteiger partial charge in [-0.25, -0.2) is 4.98 Å². The van der Waals surface area contributed by atoms with Crippen LogP contribution in [0.25, 0.3) is 0 Å². The highest BCUT2D eigenvalue weighted by atomic mass is 16.1. The van der Waals surface area contributed by atoms with E-state index in [1.165, 1.54) is 5.56 Å². The van der Waals surface area contributed by atoms with Crippen LogP contribution in [0.4, 0.5) is 5.82 Å². The van der Waals surface area contributed by atoms with E-state index >= 15 is 0 Å². The Bertz CT molecular complexity index is 610. The third-order valence-electron chi connectivity index (χ3n) is 3.97. The number of aldehydes is 1. The Labute approximate surface area is 119 Å². The van der Waals surface area contributed by atoms with E-state index in [0.29, 0.717) is 11.5 Å². The zero-order chi connectivity index (χ0) is 13.9. The van der Waals surface area contributed by atoms with Crippen molar-refractivity contribution in [3.63, 3.8) is 0 Å². The van der Waals surface area contributed by atoms with Crippen molar-refractivity contribution in [3.8, 4) is 0 Å². The van der Waals surface area contributed by atoms with Crippen LogP contribution in [0.1, 0.15) is 33.8 Å². The fraction of sp³-hybridized carbons (Fsp3) is 0.294. The molecule has 0 spiro atoms. The second-order valence-electron chi connectivity index (χ2n) is 5.37. The molecule has 102 valence electrons. The van der Waals surface area contributed by atoms with E-state index in [-0.39, 0.29) is 0 Å². The van der Waals surface area contributed by atoms with E-state index in [0.717, 1.165) is 37.2 Å². The van der Waals surface area contributed by atoms with Gasteiger partial charge in [-0.15, -0.1) is 0 Å². The van der Waals surface area contributed by atoms with Gasteiger partial charge < -0.3 is 4.90 Å². The maximum absolute atomic E-state index is 10.8. The van der Waals surface area contributed by atoms with Gasteiger partial charge in [0.25, 0.3) is 0 Å². The van der Waals surface area contributed by atoms with Crippen molar-refractivity contribution < 1.29 is 4.79 Å². The summed E-state index contributed by atoms with van der Waals surface area (Å²) >= 11 is 0. The smallest absolute Gasteiger partial charge is 0.151 e. The Morgan fingerprint density at radius 2 is 2.10 bits per heavy atom. The number of pyridine rings is 1. The topological polar surface area (TPSA) is 33.2 Å². The quantitative estimate of drug-likeness (QED) is 0.800. The Hall–Kier alpha value is -2.16. The molecule has 1 aliphatic rings. The van der Waals surface area contributed by atoms with Crippen LogP contribution in [-0.2, 0) is 0 Å². The summed E-state index contributed by atoms with van der Waals surface area (Å²) in [4.78, 5) is 17.5. The number of hydrogen-bond acceptors (Lipinski definition) is 3. The van der Waals surface area contributed by atoms with Gasteiger partial charge in [-0.05, 0) is 30.5 Å². The Morgan fingerprint density at radius 3 is 2.80 bits per heavy atom. The molecule has 20 heavy (non-hydrogen) atoms. The molecule has 1 unspecified atom stereocenters. The van der Waals surface area contributed by atoms with Crippen LogP contribution in [-0.4, -0.2) is 24.4 Å². The first-order valence-corrected chi connectivity index (χ1v) is 6.99. The van der Waals surface area contributed by atoms with Gasteiger partial charge in [0.2, 0.25) is 0 Å². The molecule has 1 aliphatic heterocycles. The first-order valence-electron chi connectivity index (χ1n) is 6.99. The molecule has 2 aromatic rings. The molecule has 1 fully saturated rings. The lowest BCUT2D eigenvalue weighted by molar-refractivity contribution is 0.112. The van der Waals surface area contributed by atoms with Crippen LogP contribution in [0.15, 0.2) is 42.6 Å². The van der Waals surface area contributed by atoms with Gasteiger partial charge in [0, 0.05) is 30.8 Å². The van der Waals surface area contributed by atoms with E-state index in [1.807, 2.05) is 13.0 Å².